The van der Waals surface area contributed by atoms with Crippen LogP contribution in [0.1, 0.15) is 0 Å². The van der Waals surface area contributed by atoms with Gasteiger partial charge >= 0.3 is 0 Å². The zero-order valence-corrected chi connectivity index (χ0v) is 22.1. The summed E-state index contributed by atoms with van der Waals surface area (Å²) in [6.07, 6.45) is 0. The second-order valence-corrected chi connectivity index (χ2v) is 12.6. The topological polar surface area (TPSA) is 0 Å². The van der Waals surface area contributed by atoms with Crippen molar-refractivity contribution in [3.63, 3.8) is 0 Å². The predicted molar refractivity (Wildman–Crippen MR) is 153 cm³/mol. The summed E-state index contributed by atoms with van der Waals surface area (Å²) in [7, 11) is 0. The number of benzene rings is 4. The van der Waals surface area contributed by atoms with Gasteiger partial charge in [0.05, 0.1) is 4.88 Å². The molecule has 0 aliphatic rings. The molecule has 0 fully saturated rings. The van der Waals surface area contributed by atoms with E-state index in [1.165, 1.54) is 65.8 Å². The van der Waals surface area contributed by atoms with Crippen LogP contribution in [0.2, 0.25) is 0 Å². The molecule has 148 valence electrons. The first-order chi connectivity index (χ1) is 15.1. The fourth-order valence-electron chi connectivity index (χ4n) is 4.35. The van der Waals surface area contributed by atoms with Crippen molar-refractivity contribution in [2.75, 3.05) is 0 Å². The molecule has 0 radical (unpaired) electrons. The molecular formula is C26H12BrIS3. The molecule has 0 atom stereocenters. The third-order valence-corrected chi connectivity index (χ3v) is 11.0. The van der Waals surface area contributed by atoms with Crippen LogP contribution in [0.25, 0.3) is 62.2 Å². The molecule has 0 nitrogen and oxygen atoms in total. The number of fused-ring (bicyclic) bond motifs is 5. The molecule has 5 heteroatoms. The third kappa shape index (κ3) is 2.94. The average Bonchev–Trinajstić information content (AvgIpc) is 3.47. The van der Waals surface area contributed by atoms with Crippen molar-refractivity contribution in [3.8, 4) is 10.4 Å². The molecule has 0 amide bonds. The highest BCUT2D eigenvalue weighted by atomic mass is 127. The normalized spacial score (nSPS) is 12.2. The molecule has 0 unspecified atom stereocenters. The van der Waals surface area contributed by atoms with Crippen molar-refractivity contribution >= 4 is 124 Å². The molecule has 0 spiro atoms. The Kier molecular flexibility index (Phi) is 4.29. The van der Waals surface area contributed by atoms with Gasteiger partial charge in [0.15, 0.2) is 0 Å². The van der Waals surface area contributed by atoms with E-state index in [1.807, 2.05) is 22.7 Å². The first kappa shape index (κ1) is 19.0. The molecule has 0 saturated heterocycles. The molecule has 0 saturated carbocycles. The van der Waals surface area contributed by atoms with Crippen LogP contribution in [-0.2, 0) is 0 Å². The van der Waals surface area contributed by atoms with Gasteiger partial charge in [0.2, 0.25) is 0 Å². The highest BCUT2D eigenvalue weighted by molar-refractivity contribution is 14.1. The van der Waals surface area contributed by atoms with Gasteiger partial charge in [-0.3, -0.25) is 0 Å². The van der Waals surface area contributed by atoms with E-state index in [9.17, 15) is 0 Å². The van der Waals surface area contributed by atoms with Gasteiger partial charge in [-0.1, -0.05) is 15.9 Å². The molecule has 7 rings (SSSR count). The minimum atomic E-state index is 1.16. The Morgan fingerprint density at radius 1 is 0.613 bits per heavy atom. The predicted octanol–water partition coefficient (Wildman–Crippen LogP) is 10.7. The van der Waals surface area contributed by atoms with Gasteiger partial charge in [0.1, 0.15) is 0 Å². The Morgan fingerprint density at radius 2 is 1.19 bits per heavy atom. The molecule has 0 aliphatic carbocycles. The van der Waals surface area contributed by atoms with Crippen molar-refractivity contribution in [1.29, 1.82) is 0 Å². The summed E-state index contributed by atoms with van der Waals surface area (Å²) in [5, 5.41) is 13.6. The lowest BCUT2D eigenvalue weighted by atomic mass is 10.0. The Labute approximate surface area is 212 Å². The molecule has 4 aromatic carbocycles. The minimum Gasteiger partial charge on any atom is -0.144 e. The van der Waals surface area contributed by atoms with Crippen LogP contribution in [0.5, 0.6) is 0 Å². The van der Waals surface area contributed by atoms with Gasteiger partial charge in [-0.15, -0.1) is 34.0 Å². The van der Waals surface area contributed by atoms with Crippen LogP contribution in [0, 0.1) is 3.57 Å². The first-order valence-corrected chi connectivity index (χ1v) is 14.2. The van der Waals surface area contributed by atoms with Crippen molar-refractivity contribution in [2.24, 2.45) is 0 Å². The fourth-order valence-corrected chi connectivity index (χ4v) is 9.08. The van der Waals surface area contributed by atoms with E-state index >= 15 is 0 Å². The van der Waals surface area contributed by atoms with E-state index in [2.05, 4.69) is 110 Å². The van der Waals surface area contributed by atoms with Crippen LogP contribution >= 0.6 is 72.5 Å². The van der Waals surface area contributed by atoms with Crippen molar-refractivity contribution in [1.82, 2.24) is 0 Å². The molecule has 0 aliphatic heterocycles. The molecular weight excluding hydrogens is 615 g/mol. The minimum absolute atomic E-state index is 1.16. The summed E-state index contributed by atoms with van der Waals surface area (Å²) >= 11 is 11.9. The summed E-state index contributed by atoms with van der Waals surface area (Å²) in [6, 6.07) is 23.1. The quantitative estimate of drug-likeness (QED) is 0.159. The fraction of sp³-hybridized carbons (Fsp3) is 0. The van der Waals surface area contributed by atoms with Crippen LogP contribution in [0.15, 0.2) is 75.9 Å². The number of rotatable bonds is 1. The van der Waals surface area contributed by atoms with Crippen molar-refractivity contribution < 1.29 is 0 Å². The zero-order chi connectivity index (χ0) is 20.7. The van der Waals surface area contributed by atoms with Crippen LogP contribution in [0.3, 0.4) is 0 Å². The van der Waals surface area contributed by atoms with Gasteiger partial charge in [-0.25, -0.2) is 0 Å². The van der Waals surface area contributed by atoms with E-state index in [0.29, 0.717) is 0 Å². The van der Waals surface area contributed by atoms with E-state index in [1.54, 1.807) is 11.3 Å². The van der Waals surface area contributed by atoms with Gasteiger partial charge in [-0.2, -0.15) is 0 Å². The van der Waals surface area contributed by atoms with E-state index in [0.717, 1.165) is 4.47 Å². The van der Waals surface area contributed by atoms with E-state index in [-0.39, 0.29) is 0 Å². The standard InChI is InChI=1S/C26H12BrIS3/c27-21-9-17-10-22-13(1-3-29-22)5-15(17)7-19(21)26-25(28)20-8-16-6-14-2-4-30-23(14)11-18(16)12-24(20)31-26/h1-12H. The Hall–Kier alpha value is -1.51. The molecule has 7 aromatic rings. The monoisotopic (exact) mass is 626 g/mol. The molecule has 0 N–H and O–H groups in total. The largest absolute Gasteiger partial charge is 0.144 e. The van der Waals surface area contributed by atoms with Crippen molar-refractivity contribution in [2.45, 2.75) is 0 Å². The maximum Gasteiger partial charge on any atom is 0.0500 e. The number of hydrogen-bond acceptors (Lipinski definition) is 3. The smallest absolute Gasteiger partial charge is 0.0500 e. The number of thiophene rings is 3. The summed E-state index contributed by atoms with van der Waals surface area (Å²) in [6.45, 7) is 0. The lowest BCUT2D eigenvalue weighted by molar-refractivity contribution is 1.70. The Bertz CT molecular complexity index is 1820. The van der Waals surface area contributed by atoms with Gasteiger partial charge in [0.25, 0.3) is 0 Å². The second-order valence-electron chi connectivity index (χ2n) is 7.74. The van der Waals surface area contributed by atoms with E-state index < -0.39 is 0 Å². The molecule has 3 aromatic heterocycles. The van der Waals surface area contributed by atoms with Gasteiger partial charge in [0, 0.05) is 33.1 Å². The SMILES string of the molecule is Brc1cc2cc3sccc3cc2cc1-c1sc2cc3cc4sccc4cc3cc2c1I. The third-order valence-electron chi connectivity index (χ3n) is 5.90. The summed E-state index contributed by atoms with van der Waals surface area (Å²) < 4.78 is 6.54. The highest BCUT2D eigenvalue weighted by Gasteiger charge is 2.16. The van der Waals surface area contributed by atoms with E-state index in [4.69, 9.17) is 0 Å². The van der Waals surface area contributed by atoms with Crippen LogP contribution < -0.4 is 0 Å². The number of hydrogen-bond donors (Lipinski definition) is 0. The average molecular weight is 627 g/mol. The Balaban J connectivity index is 1.49. The summed E-state index contributed by atoms with van der Waals surface area (Å²) in [5.41, 5.74) is 1.28. The summed E-state index contributed by atoms with van der Waals surface area (Å²) in [4.78, 5) is 1.34. The maximum absolute atomic E-state index is 3.88. The summed E-state index contributed by atoms with van der Waals surface area (Å²) in [5.74, 6) is 0. The van der Waals surface area contributed by atoms with Crippen molar-refractivity contribution in [3.05, 3.63) is 79.5 Å². The molecule has 3 heterocycles. The van der Waals surface area contributed by atoms with Gasteiger partial charge in [-0.05, 0) is 126 Å². The van der Waals surface area contributed by atoms with Crippen LogP contribution in [0.4, 0.5) is 0 Å². The molecule has 31 heavy (non-hydrogen) atoms. The Morgan fingerprint density at radius 3 is 1.90 bits per heavy atom. The lowest BCUT2D eigenvalue weighted by Gasteiger charge is -2.07. The maximum atomic E-state index is 3.88. The zero-order valence-electron chi connectivity index (χ0n) is 15.9. The van der Waals surface area contributed by atoms with Crippen LogP contribution in [-0.4, -0.2) is 0 Å². The first-order valence-electron chi connectivity index (χ1n) is 9.78. The molecule has 0 bridgehead atoms. The van der Waals surface area contributed by atoms with Gasteiger partial charge < -0.3 is 0 Å². The highest BCUT2D eigenvalue weighted by Crippen LogP contribution is 2.45. The second kappa shape index (κ2) is 6.99. The lowest BCUT2D eigenvalue weighted by Crippen LogP contribution is -1.82. The number of halogens is 2.